The standard InChI is InChI=1S/C17H25BrN2/c1-17(2,12-4-6-13(18)7-5-12)19-14-10-15-8-9-16(11-14)20(15)3/h4-7,14-16,19H,8-11H2,1-3H3. The van der Waals surface area contributed by atoms with Crippen molar-refractivity contribution in [2.24, 2.45) is 0 Å². The summed E-state index contributed by atoms with van der Waals surface area (Å²) in [7, 11) is 2.30. The summed E-state index contributed by atoms with van der Waals surface area (Å²) in [6.07, 6.45) is 5.37. The second kappa shape index (κ2) is 5.43. The van der Waals surface area contributed by atoms with Crippen molar-refractivity contribution in [3.05, 3.63) is 34.3 Å². The van der Waals surface area contributed by atoms with Gasteiger partial charge in [0.25, 0.3) is 0 Å². The van der Waals surface area contributed by atoms with Crippen LogP contribution in [0.1, 0.15) is 45.1 Å². The molecule has 2 unspecified atom stereocenters. The molecule has 2 aliphatic heterocycles. The molecule has 0 amide bonds. The first-order chi connectivity index (χ1) is 9.45. The molecule has 2 heterocycles. The van der Waals surface area contributed by atoms with Gasteiger partial charge in [0.15, 0.2) is 0 Å². The number of halogens is 1. The number of piperidine rings is 1. The Bertz CT molecular complexity index is 454. The molecule has 110 valence electrons. The van der Waals surface area contributed by atoms with Gasteiger partial charge in [-0.05, 0) is 64.3 Å². The second-order valence-corrected chi connectivity index (χ2v) is 7.91. The Morgan fingerprint density at radius 2 is 1.65 bits per heavy atom. The van der Waals surface area contributed by atoms with Crippen LogP contribution in [0.3, 0.4) is 0 Å². The fraction of sp³-hybridized carbons (Fsp3) is 0.647. The van der Waals surface area contributed by atoms with Gasteiger partial charge in [-0.3, -0.25) is 0 Å². The maximum Gasteiger partial charge on any atom is 0.0379 e. The van der Waals surface area contributed by atoms with Gasteiger partial charge in [-0.2, -0.15) is 0 Å². The molecule has 3 rings (SSSR count). The fourth-order valence-corrected chi connectivity index (χ4v) is 4.25. The van der Waals surface area contributed by atoms with E-state index >= 15 is 0 Å². The van der Waals surface area contributed by atoms with Gasteiger partial charge in [0.1, 0.15) is 0 Å². The molecular weight excluding hydrogens is 312 g/mol. The van der Waals surface area contributed by atoms with Crippen molar-refractivity contribution < 1.29 is 0 Å². The lowest BCUT2D eigenvalue weighted by molar-refractivity contribution is 0.133. The molecule has 0 spiro atoms. The molecule has 0 saturated carbocycles. The van der Waals surface area contributed by atoms with Gasteiger partial charge in [0, 0.05) is 28.1 Å². The molecule has 1 aromatic carbocycles. The summed E-state index contributed by atoms with van der Waals surface area (Å²) in [6, 6.07) is 11.0. The predicted octanol–water partition coefficient (Wildman–Crippen LogP) is 3.90. The normalized spacial score (nSPS) is 30.7. The second-order valence-electron chi connectivity index (χ2n) is 7.00. The number of rotatable bonds is 3. The van der Waals surface area contributed by atoms with E-state index in [2.05, 4.69) is 71.3 Å². The zero-order valence-corrected chi connectivity index (χ0v) is 14.3. The largest absolute Gasteiger partial charge is 0.305 e. The van der Waals surface area contributed by atoms with E-state index in [1.807, 2.05) is 0 Å². The van der Waals surface area contributed by atoms with Crippen LogP contribution in [0.2, 0.25) is 0 Å². The third-order valence-electron chi connectivity index (χ3n) is 5.23. The van der Waals surface area contributed by atoms with Gasteiger partial charge < -0.3 is 10.2 Å². The molecule has 2 bridgehead atoms. The Balaban J connectivity index is 1.69. The van der Waals surface area contributed by atoms with Gasteiger partial charge in [-0.25, -0.2) is 0 Å². The molecule has 2 atom stereocenters. The van der Waals surface area contributed by atoms with Crippen LogP contribution >= 0.6 is 15.9 Å². The number of nitrogens with one attached hydrogen (secondary N) is 1. The van der Waals surface area contributed by atoms with E-state index in [0.717, 1.165) is 16.6 Å². The molecule has 0 aliphatic carbocycles. The number of fused-ring (bicyclic) bond motifs is 2. The minimum Gasteiger partial charge on any atom is -0.305 e. The smallest absolute Gasteiger partial charge is 0.0379 e. The molecule has 2 nitrogen and oxygen atoms in total. The highest BCUT2D eigenvalue weighted by Crippen LogP contribution is 2.35. The lowest BCUT2D eigenvalue weighted by Gasteiger charge is -2.41. The van der Waals surface area contributed by atoms with Crippen molar-refractivity contribution in [3.8, 4) is 0 Å². The van der Waals surface area contributed by atoms with E-state index in [0.29, 0.717) is 6.04 Å². The van der Waals surface area contributed by atoms with Gasteiger partial charge in [-0.15, -0.1) is 0 Å². The molecule has 2 fully saturated rings. The van der Waals surface area contributed by atoms with Crippen LogP contribution in [-0.4, -0.2) is 30.1 Å². The van der Waals surface area contributed by atoms with Gasteiger partial charge in [0.05, 0.1) is 0 Å². The van der Waals surface area contributed by atoms with E-state index in [1.54, 1.807) is 0 Å². The lowest BCUT2D eigenvalue weighted by atomic mass is 9.90. The van der Waals surface area contributed by atoms with Crippen LogP contribution in [-0.2, 0) is 5.54 Å². The molecule has 1 aromatic rings. The summed E-state index contributed by atoms with van der Waals surface area (Å²) in [5.74, 6) is 0. The summed E-state index contributed by atoms with van der Waals surface area (Å²) in [4.78, 5) is 2.60. The fourth-order valence-electron chi connectivity index (χ4n) is 3.99. The third-order valence-corrected chi connectivity index (χ3v) is 5.76. The first-order valence-electron chi connectivity index (χ1n) is 7.71. The molecule has 2 aliphatic rings. The van der Waals surface area contributed by atoms with Gasteiger partial charge in [0.2, 0.25) is 0 Å². The Kier molecular flexibility index (Phi) is 3.95. The van der Waals surface area contributed by atoms with Crippen molar-refractivity contribution in [2.45, 2.75) is 63.2 Å². The van der Waals surface area contributed by atoms with Crippen LogP contribution in [0.25, 0.3) is 0 Å². The van der Waals surface area contributed by atoms with E-state index < -0.39 is 0 Å². The van der Waals surface area contributed by atoms with Crippen molar-refractivity contribution >= 4 is 15.9 Å². The van der Waals surface area contributed by atoms with E-state index in [-0.39, 0.29) is 5.54 Å². The molecule has 3 heteroatoms. The number of hydrogen-bond donors (Lipinski definition) is 1. The summed E-state index contributed by atoms with van der Waals surface area (Å²) in [5, 5.41) is 3.91. The topological polar surface area (TPSA) is 15.3 Å². The molecule has 2 saturated heterocycles. The average Bonchev–Trinajstić information content (AvgIpc) is 2.62. The molecule has 0 radical (unpaired) electrons. The summed E-state index contributed by atoms with van der Waals surface area (Å²) >= 11 is 3.52. The molecule has 0 aromatic heterocycles. The predicted molar refractivity (Wildman–Crippen MR) is 87.9 cm³/mol. The van der Waals surface area contributed by atoms with Gasteiger partial charge in [-0.1, -0.05) is 28.1 Å². The zero-order valence-electron chi connectivity index (χ0n) is 12.7. The van der Waals surface area contributed by atoms with E-state index in [1.165, 1.54) is 31.2 Å². The summed E-state index contributed by atoms with van der Waals surface area (Å²) < 4.78 is 1.15. The Hall–Kier alpha value is -0.380. The third kappa shape index (κ3) is 2.81. The monoisotopic (exact) mass is 336 g/mol. The minimum atomic E-state index is 0.0424. The highest BCUT2D eigenvalue weighted by molar-refractivity contribution is 9.10. The van der Waals surface area contributed by atoms with Crippen LogP contribution in [0.15, 0.2) is 28.7 Å². The van der Waals surface area contributed by atoms with E-state index in [9.17, 15) is 0 Å². The first kappa shape index (κ1) is 14.6. The van der Waals surface area contributed by atoms with Crippen LogP contribution < -0.4 is 5.32 Å². The molecular formula is C17H25BrN2. The van der Waals surface area contributed by atoms with Crippen LogP contribution in [0.4, 0.5) is 0 Å². The van der Waals surface area contributed by atoms with Crippen molar-refractivity contribution in [3.63, 3.8) is 0 Å². The Morgan fingerprint density at radius 3 is 2.20 bits per heavy atom. The van der Waals surface area contributed by atoms with Crippen molar-refractivity contribution in [2.75, 3.05) is 7.05 Å². The average molecular weight is 337 g/mol. The number of benzene rings is 1. The van der Waals surface area contributed by atoms with Crippen molar-refractivity contribution in [1.29, 1.82) is 0 Å². The summed E-state index contributed by atoms with van der Waals surface area (Å²) in [5.41, 5.74) is 1.41. The maximum absolute atomic E-state index is 3.91. The zero-order chi connectivity index (χ0) is 14.3. The Labute approximate surface area is 131 Å². The van der Waals surface area contributed by atoms with Crippen molar-refractivity contribution in [1.82, 2.24) is 10.2 Å². The number of hydrogen-bond acceptors (Lipinski definition) is 2. The van der Waals surface area contributed by atoms with E-state index in [4.69, 9.17) is 0 Å². The molecule has 20 heavy (non-hydrogen) atoms. The van der Waals surface area contributed by atoms with Crippen LogP contribution in [0, 0.1) is 0 Å². The first-order valence-corrected chi connectivity index (χ1v) is 8.51. The highest BCUT2D eigenvalue weighted by Gasteiger charge is 2.39. The van der Waals surface area contributed by atoms with Crippen LogP contribution in [0.5, 0.6) is 0 Å². The lowest BCUT2D eigenvalue weighted by Crippen LogP contribution is -2.52. The highest BCUT2D eigenvalue weighted by atomic mass is 79.9. The molecule has 1 N–H and O–H groups in total. The van der Waals surface area contributed by atoms with Gasteiger partial charge >= 0.3 is 0 Å². The minimum absolute atomic E-state index is 0.0424. The Morgan fingerprint density at radius 1 is 1.10 bits per heavy atom. The quantitative estimate of drug-likeness (QED) is 0.900. The maximum atomic E-state index is 3.91. The SMILES string of the molecule is CN1C2CCC1CC(NC(C)(C)c1ccc(Br)cc1)C2. The summed E-state index contributed by atoms with van der Waals surface area (Å²) in [6.45, 7) is 4.60. The number of nitrogens with zero attached hydrogens (tertiary/aromatic N) is 1.